The average molecular weight is 356 g/mol. The van der Waals surface area contributed by atoms with Crippen LogP contribution in [-0.2, 0) is 0 Å². The first-order valence-corrected chi connectivity index (χ1v) is 9.62. The molecule has 2 aliphatic heterocycles. The number of ether oxygens (including phenoxy) is 1. The third kappa shape index (κ3) is 2.54. The van der Waals surface area contributed by atoms with Crippen LogP contribution in [0.15, 0.2) is 72.8 Å². The molecule has 3 nitrogen and oxygen atoms in total. The second-order valence-corrected chi connectivity index (χ2v) is 7.36. The molecule has 0 aliphatic carbocycles. The standard InChI is InChI=1S/C24H24N2O/c1-17(18-11-13-19(27-2)14-12-18)25-15-16-26-23-10-6-5-8-21(23)20-7-3-4-9-22(20)24(25)26/h3-14,17,24H,15-16H2,1-2H3/t17-,24?/m1/s1. The molecule has 1 unspecified atom stereocenters. The Labute approximate surface area is 160 Å². The lowest BCUT2D eigenvalue weighted by atomic mass is 9.91. The Morgan fingerprint density at radius 1 is 0.852 bits per heavy atom. The van der Waals surface area contributed by atoms with Crippen LogP contribution in [0.3, 0.4) is 0 Å². The molecule has 0 saturated carbocycles. The summed E-state index contributed by atoms with van der Waals surface area (Å²) < 4.78 is 5.32. The van der Waals surface area contributed by atoms with Crippen molar-refractivity contribution in [3.8, 4) is 16.9 Å². The van der Waals surface area contributed by atoms with E-state index in [4.69, 9.17) is 4.74 Å². The minimum atomic E-state index is 0.285. The van der Waals surface area contributed by atoms with Gasteiger partial charge in [0.1, 0.15) is 11.9 Å². The van der Waals surface area contributed by atoms with Crippen LogP contribution in [0.4, 0.5) is 5.69 Å². The van der Waals surface area contributed by atoms with E-state index in [9.17, 15) is 0 Å². The summed E-state index contributed by atoms with van der Waals surface area (Å²) in [5.41, 5.74) is 6.81. The van der Waals surface area contributed by atoms with Gasteiger partial charge in [0, 0.05) is 30.4 Å². The van der Waals surface area contributed by atoms with E-state index in [0.717, 1.165) is 18.8 Å². The minimum absolute atomic E-state index is 0.285. The SMILES string of the molecule is COc1ccc([C@@H](C)N2CCN3c4ccccc4-c4ccccc4C32)cc1. The fourth-order valence-electron chi connectivity index (χ4n) is 4.64. The topological polar surface area (TPSA) is 15.7 Å². The van der Waals surface area contributed by atoms with Crippen LogP contribution in [0.5, 0.6) is 5.75 Å². The van der Waals surface area contributed by atoms with Crippen molar-refractivity contribution in [1.29, 1.82) is 0 Å². The summed E-state index contributed by atoms with van der Waals surface area (Å²) in [6.45, 7) is 4.42. The molecule has 1 fully saturated rings. The second kappa shape index (κ2) is 6.43. The molecule has 27 heavy (non-hydrogen) atoms. The van der Waals surface area contributed by atoms with Crippen molar-refractivity contribution in [2.75, 3.05) is 25.1 Å². The Bertz CT molecular complexity index is 966. The van der Waals surface area contributed by atoms with Gasteiger partial charge >= 0.3 is 0 Å². The van der Waals surface area contributed by atoms with Gasteiger partial charge in [0.05, 0.1) is 7.11 Å². The van der Waals surface area contributed by atoms with Gasteiger partial charge < -0.3 is 9.64 Å². The Morgan fingerprint density at radius 3 is 2.33 bits per heavy atom. The van der Waals surface area contributed by atoms with Crippen LogP contribution in [0.1, 0.15) is 30.3 Å². The highest BCUT2D eigenvalue weighted by atomic mass is 16.5. The molecule has 3 aromatic carbocycles. The molecule has 0 N–H and O–H groups in total. The van der Waals surface area contributed by atoms with Crippen molar-refractivity contribution in [3.05, 3.63) is 83.9 Å². The molecule has 2 heterocycles. The molecule has 0 spiro atoms. The van der Waals surface area contributed by atoms with Crippen LogP contribution in [0.25, 0.3) is 11.1 Å². The van der Waals surface area contributed by atoms with Crippen LogP contribution in [0, 0.1) is 0 Å². The summed E-state index contributed by atoms with van der Waals surface area (Å²) in [7, 11) is 1.72. The number of nitrogens with zero attached hydrogens (tertiary/aromatic N) is 2. The van der Waals surface area contributed by atoms with Crippen LogP contribution in [-0.4, -0.2) is 25.1 Å². The van der Waals surface area contributed by atoms with E-state index in [-0.39, 0.29) is 6.17 Å². The molecule has 3 heteroatoms. The zero-order valence-electron chi connectivity index (χ0n) is 15.8. The smallest absolute Gasteiger partial charge is 0.118 e. The fourth-order valence-corrected chi connectivity index (χ4v) is 4.64. The Balaban J connectivity index is 1.56. The second-order valence-electron chi connectivity index (χ2n) is 7.36. The normalized spacial score (nSPS) is 19.2. The lowest BCUT2D eigenvalue weighted by molar-refractivity contribution is 0.195. The quantitative estimate of drug-likeness (QED) is 0.637. The molecule has 3 aromatic rings. The molecular weight excluding hydrogens is 332 g/mol. The third-order valence-corrected chi connectivity index (χ3v) is 6.05. The van der Waals surface area contributed by atoms with Crippen molar-refractivity contribution in [3.63, 3.8) is 0 Å². The number of benzene rings is 3. The van der Waals surface area contributed by atoms with E-state index in [1.54, 1.807) is 7.11 Å². The predicted octanol–water partition coefficient (Wildman–Crippen LogP) is 5.26. The van der Waals surface area contributed by atoms with E-state index in [0.29, 0.717) is 6.04 Å². The largest absolute Gasteiger partial charge is 0.497 e. The molecule has 1 saturated heterocycles. The van der Waals surface area contributed by atoms with E-state index >= 15 is 0 Å². The van der Waals surface area contributed by atoms with Crippen molar-refractivity contribution in [2.24, 2.45) is 0 Å². The number of anilines is 1. The summed E-state index contributed by atoms with van der Waals surface area (Å²) in [6.07, 6.45) is 0.285. The molecule has 0 amide bonds. The van der Waals surface area contributed by atoms with Crippen molar-refractivity contribution in [2.45, 2.75) is 19.1 Å². The molecule has 0 radical (unpaired) electrons. The molecule has 136 valence electrons. The molecular formula is C24H24N2O. The summed E-state index contributed by atoms with van der Waals surface area (Å²) in [5.74, 6) is 0.908. The molecule has 2 atom stereocenters. The lowest BCUT2D eigenvalue weighted by Crippen LogP contribution is -2.35. The van der Waals surface area contributed by atoms with Crippen LogP contribution >= 0.6 is 0 Å². The van der Waals surface area contributed by atoms with Gasteiger partial charge in [-0.15, -0.1) is 0 Å². The number of hydrogen-bond donors (Lipinski definition) is 0. The molecule has 2 aliphatic rings. The van der Waals surface area contributed by atoms with E-state index in [2.05, 4.69) is 89.5 Å². The maximum Gasteiger partial charge on any atom is 0.118 e. The first-order valence-electron chi connectivity index (χ1n) is 9.62. The van der Waals surface area contributed by atoms with E-state index in [1.165, 1.54) is 27.9 Å². The van der Waals surface area contributed by atoms with Crippen molar-refractivity contribution in [1.82, 2.24) is 4.90 Å². The number of rotatable bonds is 3. The van der Waals surface area contributed by atoms with E-state index in [1.807, 2.05) is 0 Å². The highest BCUT2D eigenvalue weighted by molar-refractivity contribution is 5.85. The van der Waals surface area contributed by atoms with Gasteiger partial charge in [-0.1, -0.05) is 54.6 Å². The Kier molecular flexibility index (Phi) is 3.91. The zero-order valence-corrected chi connectivity index (χ0v) is 15.8. The van der Waals surface area contributed by atoms with Gasteiger partial charge in [0.2, 0.25) is 0 Å². The summed E-state index contributed by atoms with van der Waals surface area (Å²) >= 11 is 0. The Hall–Kier alpha value is -2.78. The zero-order chi connectivity index (χ0) is 18.4. The van der Waals surface area contributed by atoms with Gasteiger partial charge in [-0.25, -0.2) is 0 Å². The number of methoxy groups -OCH3 is 1. The van der Waals surface area contributed by atoms with Crippen molar-refractivity contribution >= 4 is 5.69 Å². The molecule has 5 rings (SSSR count). The fraction of sp³-hybridized carbons (Fsp3) is 0.250. The van der Waals surface area contributed by atoms with Gasteiger partial charge in [0.15, 0.2) is 0 Å². The van der Waals surface area contributed by atoms with Crippen molar-refractivity contribution < 1.29 is 4.74 Å². The number of hydrogen-bond acceptors (Lipinski definition) is 3. The summed E-state index contributed by atoms with van der Waals surface area (Å²) in [4.78, 5) is 5.19. The number of fused-ring (bicyclic) bond motifs is 6. The van der Waals surface area contributed by atoms with Crippen LogP contribution in [0.2, 0.25) is 0 Å². The van der Waals surface area contributed by atoms with Gasteiger partial charge in [-0.3, -0.25) is 4.90 Å². The average Bonchev–Trinajstić information content (AvgIpc) is 3.19. The first kappa shape index (κ1) is 16.4. The monoisotopic (exact) mass is 356 g/mol. The first-order chi connectivity index (χ1) is 13.3. The van der Waals surface area contributed by atoms with Gasteiger partial charge in [0.25, 0.3) is 0 Å². The minimum Gasteiger partial charge on any atom is -0.497 e. The maximum atomic E-state index is 5.32. The van der Waals surface area contributed by atoms with Gasteiger partial charge in [-0.05, 0) is 41.8 Å². The highest BCUT2D eigenvalue weighted by Gasteiger charge is 2.41. The van der Waals surface area contributed by atoms with Crippen LogP contribution < -0.4 is 9.64 Å². The Morgan fingerprint density at radius 2 is 1.56 bits per heavy atom. The van der Waals surface area contributed by atoms with E-state index < -0.39 is 0 Å². The summed E-state index contributed by atoms with van der Waals surface area (Å²) in [6, 6.07) is 26.5. The number of para-hydroxylation sites is 1. The third-order valence-electron chi connectivity index (χ3n) is 6.05. The molecule has 0 aromatic heterocycles. The lowest BCUT2D eigenvalue weighted by Gasteiger charge is -2.40. The van der Waals surface area contributed by atoms with Gasteiger partial charge in [-0.2, -0.15) is 0 Å². The molecule has 0 bridgehead atoms. The predicted molar refractivity (Wildman–Crippen MR) is 110 cm³/mol. The highest BCUT2D eigenvalue weighted by Crippen LogP contribution is 2.49. The maximum absolute atomic E-state index is 5.32. The summed E-state index contributed by atoms with van der Waals surface area (Å²) in [5, 5.41) is 0.